The zero-order valence-electron chi connectivity index (χ0n) is 17.4. The van der Waals surface area contributed by atoms with Crippen molar-refractivity contribution in [3.05, 3.63) is 72.4 Å². The van der Waals surface area contributed by atoms with E-state index in [4.69, 9.17) is 13.9 Å². The first-order valence-corrected chi connectivity index (χ1v) is 10.7. The number of carbonyl (C=O) groups is 2. The van der Waals surface area contributed by atoms with Crippen molar-refractivity contribution >= 4 is 17.5 Å². The Balaban J connectivity index is 1.59. The lowest BCUT2D eigenvalue weighted by molar-refractivity contribution is -0.123. The average molecular weight is 433 g/mol. The molecule has 0 saturated heterocycles. The monoisotopic (exact) mass is 433 g/mol. The summed E-state index contributed by atoms with van der Waals surface area (Å²) < 4.78 is 16.3. The van der Waals surface area contributed by atoms with Gasteiger partial charge in [0.05, 0.1) is 6.26 Å². The summed E-state index contributed by atoms with van der Waals surface area (Å²) in [4.78, 5) is 32.8. The number of amides is 2. The van der Waals surface area contributed by atoms with Gasteiger partial charge in [-0.25, -0.2) is 0 Å². The van der Waals surface area contributed by atoms with Crippen LogP contribution in [0.25, 0.3) is 0 Å². The fourth-order valence-electron chi connectivity index (χ4n) is 4.25. The van der Waals surface area contributed by atoms with Crippen LogP contribution in [0.2, 0.25) is 0 Å². The second-order valence-corrected chi connectivity index (χ2v) is 7.86. The Morgan fingerprint density at radius 2 is 1.81 bits per heavy atom. The summed E-state index contributed by atoms with van der Waals surface area (Å²) >= 11 is 0. The molecule has 164 valence electrons. The van der Waals surface area contributed by atoms with Crippen LogP contribution in [0, 0.1) is 0 Å². The lowest BCUT2D eigenvalue weighted by atomic mass is 10.0. The van der Waals surface area contributed by atoms with E-state index in [9.17, 15) is 9.59 Å². The highest BCUT2D eigenvalue weighted by molar-refractivity contribution is 6.08. The SMILES string of the molecule is O=C(NC1CCCC1)C(c1ccncc1)N(C(=O)c1ccco1)c1ccc2c(c1)OCO2. The van der Waals surface area contributed by atoms with Crippen molar-refractivity contribution < 1.29 is 23.5 Å². The minimum atomic E-state index is -0.920. The normalized spacial score (nSPS) is 16.0. The summed E-state index contributed by atoms with van der Waals surface area (Å²) in [6.45, 7) is 0.112. The number of pyridine rings is 1. The van der Waals surface area contributed by atoms with E-state index in [1.807, 2.05) is 0 Å². The van der Waals surface area contributed by atoms with Crippen LogP contribution < -0.4 is 19.7 Å². The minimum absolute atomic E-state index is 0.101. The Hall–Kier alpha value is -3.81. The predicted octanol–water partition coefficient (Wildman–Crippen LogP) is 3.85. The molecule has 5 rings (SSSR count). The van der Waals surface area contributed by atoms with Crippen LogP contribution in [0.4, 0.5) is 5.69 Å². The molecule has 0 spiro atoms. The molecule has 0 bridgehead atoms. The maximum absolute atomic E-state index is 13.6. The van der Waals surface area contributed by atoms with Gasteiger partial charge in [-0.1, -0.05) is 12.8 Å². The Labute approximate surface area is 185 Å². The summed E-state index contributed by atoms with van der Waals surface area (Å²) in [6, 6.07) is 11.1. The van der Waals surface area contributed by atoms with Gasteiger partial charge in [0.2, 0.25) is 12.7 Å². The third kappa shape index (κ3) is 3.91. The Kier molecular flexibility index (Phi) is 5.49. The zero-order chi connectivity index (χ0) is 21.9. The first-order valence-electron chi connectivity index (χ1n) is 10.7. The van der Waals surface area contributed by atoms with Crippen LogP contribution in [-0.2, 0) is 4.79 Å². The molecule has 2 aromatic heterocycles. The largest absolute Gasteiger partial charge is 0.459 e. The topological polar surface area (TPSA) is 93.9 Å². The second-order valence-electron chi connectivity index (χ2n) is 7.86. The van der Waals surface area contributed by atoms with E-state index in [1.165, 1.54) is 11.2 Å². The fraction of sp³-hybridized carbons (Fsp3) is 0.292. The third-order valence-corrected chi connectivity index (χ3v) is 5.82. The summed E-state index contributed by atoms with van der Waals surface area (Å²) in [5.41, 5.74) is 1.15. The van der Waals surface area contributed by atoms with Crippen molar-refractivity contribution in [3.8, 4) is 11.5 Å². The Morgan fingerprint density at radius 1 is 1.03 bits per heavy atom. The summed E-state index contributed by atoms with van der Waals surface area (Å²) in [7, 11) is 0. The van der Waals surface area contributed by atoms with Gasteiger partial charge in [-0.2, -0.15) is 0 Å². The standard InChI is InChI=1S/C24H23N3O5/c28-23(26-17-4-1-2-5-17)22(16-9-11-25-12-10-16)27(24(29)20-6-3-13-30-20)18-7-8-19-21(14-18)32-15-31-19/h3,6-14,17,22H,1-2,4-5,15H2,(H,26,28). The van der Waals surface area contributed by atoms with Crippen LogP contribution in [0.15, 0.2) is 65.5 Å². The number of hydrogen-bond acceptors (Lipinski definition) is 6. The number of anilines is 1. The maximum atomic E-state index is 13.6. The summed E-state index contributed by atoms with van der Waals surface area (Å²) in [5, 5.41) is 3.14. The number of furan rings is 1. The number of hydrogen-bond donors (Lipinski definition) is 1. The Morgan fingerprint density at radius 3 is 2.56 bits per heavy atom. The van der Waals surface area contributed by atoms with E-state index >= 15 is 0 Å². The fourth-order valence-corrected chi connectivity index (χ4v) is 4.25. The molecular formula is C24H23N3O5. The highest BCUT2D eigenvalue weighted by Crippen LogP contribution is 2.38. The van der Waals surface area contributed by atoms with Gasteiger partial charge in [0, 0.05) is 30.2 Å². The van der Waals surface area contributed by atoms with E-state index in [0.717, 1.165) is 25.7 Å². The molecule has 3 aromatic rings. The molecule has 1 aliphatic heterocycles. The molecule has 1 unspecified atom stereocenters. The number of nitrogens with zero attached hydrogens (tertiary/aromatic N) is 2. The number of aromatic nitrogens is 1. The van der Waals surface area contributed by atoms with Gasteiger partial charge in [-0.05, 0) is 54.8 Å². The maximum Gasteiger partial charge on any atom is 0.294 e. The molecule has 1 fully saturated rings. The van der Waals surface area contributed by atoms with Crippen LogP contribution >= 0.6 is 0 Å². The van der Waals surface area contributed by atoms with Crippen molar-refractivity contribution in [1.82, 2.24) is 10.3 Å². The lowest BCUT2D eigenvalue weighted by Crippen LogP contribution is -2.46. The predicted molar refractivity (Wildman–Crippen MR) is 115 cm³/mol. The van der Waals surface area contributed by atoms with Crippen LogP contribution in [-0.4, -0.2) is 29.6 Å². The minimum Gasteiger partial charge on any atom is -0.459 e. The van der Waals surface area contributed by atoms with Gasteiger partial charge >= 0.3 is 0 Å². The quantitative estimate of drug-likeness (QED) is 0.635. The van der Waals surface area contributed by atoms with E-state index in [-0.39, 0.29) is 24.5 Å². The van der Waals surface area contributed by atoms with E-state index < -0.39 is 11.9 Å². The number of nitrogens with one attached hydrogen (secondary N) is 1. The molecule has 1 saturated carbocycles. The zero-order valence-corrected chi connectivity index (χ0v) is 17.4. The molecule has 3 heterocycles. The van der Waals surface area contributed by atoms with Crippen LogP contribution in [0.5, 0.6) is 11.5 Å². The summed E-state index contributed by atoms with van der Waals surface area (Å²) in [5.74, 6) is 0.563. The molecular weight excluding hydrogens is 410 g/mol. The van der Waals surface area contributed by atoms with Gasteiger partial charge in [0.25, 0.3) is 5.91 Å². The molecule has 1 N–H and O–H groups in total. The van der Waals surface area contributed by atoms with Crippen molar-refractivity contribution in [2.45, 2.75) is 37.8 Å². The first kappa shape index (κ1) is 20.1. The van der Waals surface area contributed by atoms with E-state index in [0.29, 0.717) is 22.7 Å². The van der Waals surface area contributed by atoms with Gasteiger partial charge in [-0.3, -0.25) is 19.5 Å². The number of rotatable bonds is 6. The van der Waals surface area contributed by atoms with Crippen LogP contribution in [0.1, 0.15) is 47.8 Å². The molecule has 1 aromatic carbocycles. The molecule has 0 radical (unpaired) electrons. The number of carbonyl (C=O) groups excluding carboxylic acids is 2. The smallest absolute Gasteiger partial charge is 0.294 e. The van der Waals surface area contributed by atoms with Gasteiger partial charge in [-0.15, -0.1) is 0 Å². The highest BCUT2D eigenvalue weighted by Gasteiger charge is 2.36. The van der Waals surface area contributed by atoms with Gasteiger partial charge < -0.3 is 19.2 Å². The van der Waals surface area contributed by atoms with E-state index in [2.05, 4.69) is 10.3 Å². The second kappa shape index (κ2) is 8.74. The molecule has 2 aliphatic rings. The molecule has 8 heteroatoms. The number of benzene rings is 1. The molecule has 32 heavy (non-hydrogen) atoms. The molecule has 8 nitrogen and oxygen atoms in total. The van der Waals surface area contributed by atoms with Crippen molar-refractivity contribution in [1.29, 1.82) is 0 Å². The van der Waals surface area contributed by atoms with E-state index in [1.54, 1.807) is 54.9 Å². The molecule has 2 amide bonds. The number of ether oxygens (including phenoxy) is 2. The lowest BCUT2D eigenvalue weighted by Gasteiger charge is -2.31. The van der Waals surface area contributed by atoms with Crippen molar-refractivity contribution in [3.63, 3.8) is 0 Å². The van der Waals surface area contributed by atoms with Gasteiger partial charge in [0.1, 0.15) is 6.04 Å². The highest BCUT2D eigenvalue weighted by atomic mass is 16.7. The van der Waals surface area contributed by atoms with Crippen molar-refractivity contribution in [2.75, 3.05) is 11.7 Å². The average Bonchev–Trinajstić information content (AvgIpc) is 3.60. The van der Waals surface area contributed by atoms with Crippen molar-refractivity contribution in [2.24, 2.45) is 0 Å². The third-order valence-electron chi connectivity index (χ3n) is 5.82. The first-order chi connectivity index (χ1) is 15.7. The Bertz CT molecular complexity index is 1090. The summed E-state index contributed by atoms with van der Waals surface area (Å²) in [6.07, 6.45) is 8.70. The van der Waals surface area contributed by atoms with Crippen LogP contribution in [0.3, 0.4) is 0 Å². The molecule has 1 aliphatic carbocycles. The number of fused-ring (bicyclic) bond motifs is 1. The van der Waals surface area contributed by atoms with Gasteiger partial charge in [0.15, 0.2) is 17.3 Å². The molecule has 1 atom stereocenters.